The summed E-state index contributed by atoms with van der Waals surface area (Å²) in [5.41, 5.74) is 3.08. The molecule has 25 heavy (non-hydrogen) atoms. The first-order chi connectivity index (χ1) is 11.7. The van der Waals surface area contributed by atoms with Gasteiger partial charge in [0.05, 0.1) is 0 Å². The summed E-state index contributed by atoms with van der Waals surface area (Å²) in [7, 11) is 0. The number of nitrogens with one attached hydrogen (secondary N) is 2. The van der Waals surface area contributed by atoms with Crippen molar-refractivity contribution in [2.75, 3.05) is 18.4 Å². The van der Waals surface area contributed by atoms with Gasteiger partial charge in [-0.05, 0) is 49.4 Å². The summed E-state index contributed by atoms with van der Waals surface area (Å²) in [6.45, 7) is 4.34. The third-order valence-corrected chi connectivity index (χ3v) is 4.93. The van der Waals surface area contributed by atoms with Crippen molar-refractivity contribution in [2.45, 2.75) is 26.2 Å². The first kappa shape index (κ1) is 19.5. The second kappa shape index (κ2) is 9.59. The minimum Gasteiger partial charge on any atom is -0.326 e. The monoisotopic (exact) mass is 358 g/mol. The quantitative estimate of drug-likeness (QED) is 0.810. The molecule has 2 N–H and O–H groups in total. The van der Waals surface area contributed by atoms with Crippen molar-refractivity contribution in [3.63, 3.8) is 0 Å². The van der Waals surface area contributed by atoms with Crippen molar-refractivity contribution in [3.8, 4) is 11.1 Å². The van der Waals surface area contributed by atoms with Gasteiger partial charge in [-0.25, -0.2) is 0 Å². The van der Waals surface area contributed by atoms with Crippen LogP contribution in [0.1, 0.15) is 26.2 Å². The van der Waals surface area contributed by atoms with Crippen LogP contribution in [-0.2, 0) is 4.79 Å². The maximum Gasteiger partial charge on any atom is 0.224 e. The van der Waals surface area contributed by atoms with E-state index in [1.165, 1.54) is 12.8 Å². The molecule has 2 aromatic rings. The highest BCUT2D eigenvalue weighted by molar-refractivity contribution is 5.95. The number of rotatable bonds is 5. The van der Waals surface area contributed by atoms with E-state index in [1.807, 2.05) is 36.4 Å². The van der Waals surface area contributed by atoms with Gasteiger partial charge in [-0.1, -0.05) is 55.5 Å². The molecule has 3 rings (SSSR count). The van der Waals surface area contributed by atoms with Crippen LogP contribution in [0.15, 0.2) is 54.6 Å². The molecule has 2 unspecified atom stereocenters. The van der Waals surface area contributed by atoms with Crippen LogP contribution < -0.4 is 10.6 Å². The standard InChI is InChI=1S/C21H26N2O.ClH/c1-16(18-10-7-13-22-15-18)14-21(24)23-20-12-6-5-11-19(20)17-8-3-2-4-9-17;/h2-6,8-9,11-12,16,18,22H,7,10,13-15H2,1H3,(H,23,24);1H. The van der Waals surface area contributed by atoms with Crippen LogP contribution in [0.25, 0.3) is 11.1 Å². The molecule has 0 spiro atoms. The highest BCUT2D eigenvalue weighted by Crippen LogP contribution is 2.28. The lowest BCUT2D eigenvalue weighted by Gasteiger charge is -2.28. The van der Waals surface area contributed by atoms with Gasteiger partial charge in [-0.3, -0.25) is 4.79 Å². The number of carbonyl (C=O) groups excluding carboxylic acids is 1. The highest BCUT2D eigenvalue weighted by atomic mass is 35.5. The lowest BCUT2D eigenvalue weighted by molar-refractivity contribution is -0.117. The van der Waals surface area contributed by atoms with Crippen LogP contribution in [0.2, 0.25) is 0 Å². The molecule has 1 saturated heterocycles. The predicted octanol–water partition coefficient (Wildman–Crippen LogP) is 4.74. The number of amides is 1. The van der Waals surface area contributed by atoms with E-state index >= 15 is 0 Å². The summed E-state index contributed by atoms with van der Waals surface area (Å²) in [5, 5.41) is 6.56. The lowest BCUT2D eigenvalue weighted by Crippen LogP contribution is -2.34. The molecule has 0 bridgehead atoms. The third kappa shape index (κ3) is 5.32. The fourth-order valence-corrected chi connectivity index (χ4v) is 3.49. The zero-order valence-electron chi connectivity index (χ0n) is 14.7. The molecule has 3 nitrogen and oxygen atoms in total. The summed E-state index contributed by atoms with van der Waals surface area (Å²) in [4.78, 5) is 12.5. The number of hydrogen-bond donors (Lipinski definition) is 2. The summed E-state index contributed by atoms with van der Waals surface area (Å²) in [5.74, 6) is 1.12. The number of piperidine rings is 1. The van der Waals surface area contributed by atoms with E-state index in [9.17, 15) is 4.79 Å². The predicted molar refractivity (Wildman–Crippen MR) is 107 cm³/mol. The Hall–Kier alpha value is -1.84. The molecule has 1 aliphatic heterocycles. The van der Waals surface area contributed by atoms with Gasteiger partial charge in [0.15, 0.2) is 0 Å². The smallest absolute Gasteiger partial charge is 0.224 e. The van der Waals surface area contributed by atoms with Crippen molar-refractivity contribution in [1.29, 1.82) is 0 Å². The van der Waals surface area contributed by atoms with Gasteiger partial charge in [-0.15, -0.1) is 12.4 Å². The number of hydrogen-bond acceptors (Lipinski definition) is 2. The fraction of sp³-hybridized carbons (Fsp3) is 0.381. The minimum absolute atomic E-state index is 0. The average Bonchev–Trinajstić information content (AvgIpc) is 2.63. The van der Waals surface area contributed by atoms with E-state index in [1.54, 1.807) is 0 Å². The van der Waals surface area contributed by atoms with Crippen LogP contribution in [0.5, 0.6) is 0 Å². The Morgan fingerprint density at radius 2 is 1.88 bits per heavy atom. The Morgan fingerprint density at radius 1 is 1.16 bits per heavy atom. The molecule has 0 saturated carbocycles. The van der Waals surface area contributed by atoms with Crippen LogP contribution in [-0.4, -0.2) is 19.0 Å². The van der Waals surface area contributed by atoms with Crippen LogP contribution >= 0.6 is 12.4 Å². The first-order valence-electron chi connectivity index (χ1n) is 8.89. The van der Waals surface area contributed by atoms with E-state index in [4.69, 9.17) is 0 Å². The SMILES string of the molecule is CC(CC(=O)Nc1ccccc1-c1ccccc1)C1CCCNC1.Cl. The van der Waals surface area contributed by atoms with Crippen molar-refractivity contribution < 1.29 is 4.79 Å². The van der Waals surface area contributed by atoms with Crippen LogP contribution in [0.3, 0.4) is 0 Å². The zero-order chi connectivity index (χ0) is 16.8. The maximum atomic E-state index is 12.5. The van der Waals surface area contributed by atoms with Gasteiger partial charge in [0.1, 0.15) is 0 Å². The largest absolute Gasteiger partial charge is 0.326 e. The first-order valence-corrected chi connectivity index (χ1v) is 8.89. The van der Waals surface area contributed by atoms with Gasteiger partial charge in [0.2, 0.25) is 5.91 Å². The molecule has 134 valence electrons. The van der Waals surface area contributed by atoms with Gasteiger partial charge < -0.3 is 10.6 Å². The molecule has 0 aromatic heterocycles. The molecule has 0 aliphatic carbocycles. The van der Waals surface area contributed by atoms with Crippen molar-refractivity contribution in [2.24, 2.45) is 11.8 Å². The second-order valence-corrected chi connectivity index (χ2v) is 6.75. The molecule has 1 amide bonds. The molecule has 2 aromatic carbocycles. The van der Waals surface area contributed by atoms with Crippen molar-refractivity contribution in [3.05, 3.63) is 54.6 Å². The zero-order valence-corrected chi connectivity index (χ0v) is 15.5. The van der Waals surface area contributed by atoms with Crippen molar-refractivity contribution >= 4 is 24.0 Å². The Kier molecular flexibility index (Phi) is 7.48. The van der Waals surface area contributed by atoms with Gasteiger partial charge >= 0.3 is 0 Å². The minimum atomic E-state index is 0. The number of halogens is 1. The second-order valence-electron chi connectivity index (χ2n) is 6.75. The number of anilines is 1. The molecule has 4 heteroatoms. The number of carbonyl (C=O) groups is 1. The molecule has 1 heterocycles. The van der Waals surface area contributed by atoms with Crippen LogP contribution in [0.4, 0.5) is 5.69 Å². The Morgan fingerprint density at radius 3 is 2.60 bits per heavy atom. The number of para-hydroxylation sites is 1. The molecular formula is C21H27ClN2O. The molecule has 2 atom stereocenters. The van der Waals surface area contributed by atoms with Crippen LogP contribution in [0, 0.1) is 11.8 Å². The maximum absolute atomic E-state index is 12.5. The van der Waals surface area contributed by atoms with Gasteiger partial charge in [-0.2, -0.15) is 0 Å². The summed E-state index contributed by atoms with van der Waals surface area (Å²) in [6.07, 6.45) is 3.02. The van der Waals surface area contributed by atoms with E-state index in [-0.39, 0.29) is 18.3 Å². The number of benzene rings is 2. The van der Waals surface area contributed by atoms with Crippen molar-refractivity contribution in [1.82, 2.24) is 5.32 Å². The molecule has 0 radical (unpaired) electrons. The Labute approximate surface area is 156 Å². The van der Waals surface area contributed by atoms with E-state index in [0.29, 0.717) is 18.3 Å². The summed E-state index contributed by atoms with van der Waals surface area (Å²) < 4.78 is 0. The lowest BCUT2D eigenvalue weighted by atomic mass is 9.85. The highest BCUT2D eigenvalue weighted by Gasteiger charge is 2.22. The van der Waals surface area contributed by atoms with Gasteiger partial charge in [0.25, 0.3) is 0 Å². The Balaban J connectivity index is 0.00000225. The van der Waals surface area contributed by atoms with E-state index < -0.39 is 0 Å². The van der Waals surface area contributed by atoms with Gasteiger partial charge in [0, 0.05) is 17.7 Å². The topological polar surface area (TPSA) is 41.1 Å². The Bertz CT molecular complexity index is 669. The molecule has 1 aliphatic rings. The van der Waals surface area contributed by atoms with E-state index in [2.05, 4.69) is 35.8 Å². The summed E-state index contributed by atoms with van der Waals surface area (Å²) >= 11 is 0. The summed E-state index contributed by atoms with van der Waals surface area (Å²) in [6, 6.07) is 18.2. The third-order valence-electron chi connectivity index (χ3n) is 4.93. The van der Waals surface area contributed by atoms with E-state index in [0.717, 1.165) is 29.9 Å². The molecular weight excluding hydrogens is 332 g/mol. The average molecular weight is 359 g/mol. The molecule has 1 fully saturated rings. The fourth-order valence-electron chi connectivity index (χ4n) is 3.49. The normalized spacial score (nSPS) is 18.0.